The fourth-order valence-electron chi connectivity index (χ4n) is 12.7. The van der Waals surface area contributed by atoms with Crippen molar-refractivity contribution < 1.29 is 71.4 Å². The molecule has 528 valence electrons. The summed E-state index contributed by atoms with van der Waals surface area (Å²) in [6, 6.07) is 11.1. The molecule has 0 saturated carbocycles. The zero-order chi connectivity index (χ0) is 68.7. The number of phenolic OH excluding ortho intramolecular Hbond substituents is 2. The summed E-state index contributed by atoms with van der Waals surface area (Å²) in [5, 5.41) is 31.2. The molecule has 5 atom stereocenters. The summed E-state index contributed by atoms with van der Waals surface area (Å²) >= 11 is 0. The van der Waals surface area contributed by atoms with Gasteiger partial charge >= 0.3 is 35.8 Å². The smallest absolute Gasteiger partial charge is 0.460 e. The van der Waals surface area contributed by atoms with Crippen molar-refractivity contribution >= 4 is 35.7 Å². The molecule has 0 bridgehead atoms. The molecule has 0 aliphatic rings. The number of aryl methyl sites for hydroxylation is 2. The molecular formula is C67H115F13N4O3Si4. The number of phenols is 2. The Morgan fingerprint density at radius 3 is 1.48 bits per heavy atom. The monoisotopic (exact) mass is 1380 g/mol. The number of halogens is 13. The molecule has 4 radical (unpaired) electrons. The highest BCUT2D eigenvalue weighted by Crippen LogP contribution is 2.61. The van der Waals surface area contributed by atoms with Crippen molar-refractivity contribution in [2.45, 2.75) is 303 Å². The third-order valence-electron chi connectivity index (χ3n) is 18.5. The van der Waals surface area contributed by atoms with E-state index in [9.17, 15) is 58.5 Å². The first-order valence-corrected chi connectivity index (χ1v) is 42.8. The Kier molecular flexibility index (Phi) is 38.4. The maximum absolute atomic E-state index is 15.1. The van der Waals surface area contributed by atoms with Crippen LogP contribution in [0.15, 0.2) is 36.4 Å². The van der Waals surface area contributed by atoms with E-state index in [4.69, 9.17) is 4.12 Å². The van der Waals surface area contributed by atoms with Crippen LogP contribution in [0.25, 0.3) is 0 Å². The van der Waals surface area contributed by atoms with E-state index in [1.54, 1.807) is 6.07 Å². The lowest BCUT2D eigenvalue weighted by atomic mass is 9.93. The number of rotatable bonds is 53. The van der Waals surface area contributed by atoms with Crippen molar-refractivity contribution in [1.29, 1.82) is 0 Å². The zero-order valence-electron chi connectivity index (χ0n) is 56.8. The standard InChI is InChI=1S/C67H115F13N4O3Si4/c1-12-28-57(39-37-55(88-7)32-24-20-16-14-19-23-31-53-35-41-59(61(86)49-53)51(3)83-45-26-43-81-4)90(8,9)87-91(10,11)58(29-13-2)40-38-56(89-47-42-62(68,69)63(70,71)64(72,73)65(74,75)66(76,77)67(78,79)80)33-25-21-17-15-18-22-30-52-34-36-54(60(85)48-52)50-84(6)46-27-44-82-5/h34-36,41,48-49,51,55-58,81-83,85-86H,12-33,37-40,42-47,50H2,1-11H3. The van der Waals surface area contributed by atoms with Crippen LogP contribution in [0.2, 0.25) is 60.9 Å². The largest absolute Gasteiger partial charge is 0.508 e. The molecule has 0 spiro atoms. The molecule has 0 aliphatic carbocycles. The van der Waals surface area contributed by atoms with Crippen molar-refractivity contribution in [2.24, 2.45) is 0 Å². The SMILES string of the molecule is CCCC(CCC(CCCCCCCCc1ccc(C(C)NCCCNC)c(O)c1)[Si]C)[Si](C)(C)O[Si](C)(C)C(CCC)CCC(CCCCCCCCc1ccc(CN(C)CCCNC)c(O)c1)[Si]CCC(F)(F)C(F)(F)C(F)(F)C(F)(F)C(F)(F)C(F)(F)F. The molecule has 2 aromatic carbocycles. The number of hydrogen-bond acceptors (Lipinski definition) is 7. The second kappa shape index (κ2) is 41.1. The van der Waals surface area contributed by atoms with Gasteiger partial charge in [0.15, 0.2) is 16.6 Å². The predicted molar refractivity (Wildman–Crippen MR) is 355 cm³/mol. The molecule has 0 fully saturated rings. The first kappa shape index (κ1) is 84.9. The van der Waals surface area contributed by atoms with Crippen molar-refractivity contribution in [3.8, 4) is 11.5 Å². The minimum atomic E-state index is -7.90. The number of benzene rings is 2. The van der Waals surface area contributed by atoms with Gasteiger partial charge in [0.2, 0.25) is 0 Å². The molecule has 0 saturated heterocycles. The van der Waals surface area contributed by atoms with Gasteiger partial charge in [0.25, 0.3) is 0 Å². The number of aromatic hydroxyl groups is 2. The molecule has 0 aromatic heterocycles. The normalized spacial score (nSPS) is 15.2. The minimum absolute atomic E-state index is 0.0769. The van der Waals surface area contributed by atoms with Crippen LogP contribution in [0.4, 0.5) is 57.1 Å². The maximum Gasteiger partial charge on any atom is 0.460 e. The van der Waals surface area contributed by atoms with Gasteiger partial charge in [-0.1, -0.05) is 179 Å². The third kappa shape index (κ3) is 27.7. The average Bonchev–Trinajstić information content (AvgIpc) is 0.714. The van der Waals surface area contributed by atoms with Crippen LogP contribution in [-0.2, 0) is 23.5 Å². The molecule has 24 heteroatoms. The second-order valence-corrected chi connectivity index (χ2v) is 38.8. The molecule has 5 unspecified atom stereocenters. The Hall–Kier alpha value is -2.20. The average molecular weight is 1380 g/mol. The summed E-state index contributed by atoms with van der Waals surface area (Å²) in [4.78, 5) is 2.15. The lowest BCUT2D eigenvalue weighted by molar-refractivity contribution is -0.439. The zero-order valence-corrected chi connectivity index (χ0v) is 60.8. The van der Waals surface area contributed by atoms with Gasteiger partial charge in [-0.2, -0.15) is 57.1 Å². The molecular weight excluding hydrogens is 1270 g/mol. The summed E-state index contributed by atoms with van der Waals surface area (Å²) in [5.74, 6) is -36.1. The fourth-order valence-corrected chi connectivity index (χ4v) is 25.7. The van der Waals surface area contributed by atoms with Gasteiger partial charge in [0.05, 0.1) is 0 Å². The van der Waals surface area contributed by atoms with E-state index in [0.717, 1.165) is 167 Å². The van der Waals surface area contributed by atoms with Crippen LogP contribution in [0.3, 0.4) is 0 Å². The summed E-state index contributed by atoms with van der Waals surface area (Å²) < 4.78 is 190. The summed E-state index contributed by atoms with van der Waals surface area (Å²) in [6.07, 6.45) is 14.5. The molecule has 2 rings (SSSR count). The number of hydrogen-bond donors (Lipinski definition) is 5. The van der Waals surface area contributed by atoms with Crippen molar-refractivity contribution in [3.05, 3.63) is 58.7 Å². The first-order chi connectivity index (χ1) is 42.5. The highest BCUT2D eigenvalue weighted by Gasteiger charge is 2.90. The lowest BCUT2D eigenvalue weighted by Crippen LogP contribution is -2.70. The van der Waals surface area contributed by atoms with Crippen molar-refractivity contribution in [2.75, 3.05) is 47.3 Å². The van der Waals surface area contributed by atoms with Crippen LogP contribution in [-0.4, -0.2) is 134 Å². The summed E-state index contributed by atoms with van der Waals surface area (Å²) in [5.41, 5.74) is 4.71. The van der Waals surface area contributed by atoms with Gasteiger partial charge < -0.3 is 35.2 Å². The minimum Gasteiger partial charge on any atom is -0.508 e. The van der Waals surface area contributed by atoms with Gasteiger partial charge in [0.1, 0.15) is 11.5 Å². The Balaban J connectivity index is 2.10. The number of alkyl halides is 13. The Morgan fingerprint density at radius 2 is 1.00 bits per heavy atom. The van der Waals surface area contributed by atoms with E-state index >= 15 is 8.78 Å². The van der Waals surface area contributed by atoms with Gasteiger partial charge in [-0.05, 0) is 164 Å². The Bertz CT molecular complexity index is 2290. The number of nitrogens with one attached hydrogen (secondary N) is 3. The van der Waals surface area contributed by atoms with Crippen LogP contribution >= 0.6 is 0 Å². The molecule has 5 N–H and O–H groups in total. The Labute approximate surface area is 546 Å². The third-order valence-corrected chi connectivity index (χ3v) is 30.9. The van der Waals surface area contributed by atoms with Crippen molar-refractivity contribution in [1.82, 2.24) is 20.9 Å². The lowest BCUT2D eigenvalue weighted by Gasteiger charge is -2.43. The van der Waals surface area contributed by atoms with E-state index in [1.807, 2.05) is 45.4 Å². The molecule has 7 nitrogen and oxygen atoms in total. The van der Waals surface area contributed by atoms with Crippen LogP contribution in [0.5, 0.6) is 11.5 Å². The van der Waals surface area contributed by atoms with E-state index in [0.29, 0.717) is 49.1 Å². The topological polar surface area (TPSA) is 89.0 Å². The molecule has 0 amide bonds. The van der Waals surface area contributed by atoms with Gasteiger partial charge in [-0.25, -0.2) is 0 Å². The van der Waals surface area contributed by atoms with Crippen LogP contribution < -0.4 is 16.0 Å². The molecule has 91 heavy (non-hydrogen) atoms. The maximum atomic E-state index is 15.1. The van der Waals surface area contributed by atoms with Crippen LogP contribution in [0.1, 0.15) is 210 Å². The van der Waals surface area contributed by atoms with Gasteiger partial charge in [0, 0.05) is 49.2 Å². The molecule has 0 aliphatic heterocycles. The number of nitrogens with zero attached hydrogens (tertiary/aromatic N) is 1. The first-order valence-electron chi connectivity index (χ1n) is 33.9. The van der Waals surface area contributed by atoms with E-state index < -0.39 is 74.4 Å². The summed E-state index contributed by atoms with van der Waals surface area (Å²) in [6.45, 7) is 21.9. The van der Waals surface area contributed by atoms with Gasteiger partial charge in [-0.15, -0.1) is 0 Å². The quantitative estimate of drug-likeness (QED) is 0.0256. The van der Waals surface area contributed by atoms with Crippen molar-refractivity contribution in [3.63, 3.8) is 0 Å². The molecule has 2 aromatic rings. The Morgan fingerprint density at radius 1 is 0.538 bits per heavy atom. The second-order valence-electron chi connectivity index (χ2n) is 26.8. The molecule has 0 heterocycles. The van der Waals surface area contributed by atoms with E-state index in [2.05, 4.69) is 80.4 Å². The van der Waals surface area contributed by atoms with Gasteiger partial charge in [-0.3, -0.25) is 0 Å². The predicted octanol–water partition coefficient (Wildman–Crippen LogP) is 20.6. The van der Waals surface area contributed by atoms with E-state index in [1.165, 1.54) is 32.1 Å². The fraction of sp³-hybridized carbons (Fsp3) is 0.821. The summed E-state index contributed by atoms with van der Waals surface area (Å²) in [7, 11) is 1.26. The van der Waals surface area contributed by atoms with Crippen LogP contribution in [0, 0.1) is 0 Å². The highest BCUT2D eigenvalue weighted by molar-refractivity contribution is 6.86. The highest BCUT2D eigenvalue weighted by atomic mass is 28.4. The number of unbranched alkanes of at least 4 members (excludes halogenated alkanes) is 10. The van der Waals surface area contributed by atoms with E-state index in [-0.39, 0.29) is 22.9 Å².